The van der Waals surface area contributed by atoms with E-state index in [1.165, 1.54) is 11.8 Å². The first kappa shape index (κ1) is 19.2. The second kappa shape index (κ2) is 8.86. The third-order valence-corrected chi connectivity index (χ3v) is 4.16. The van der Waals surface area contributed by atoms with Gasteiger partial charge in [0.1, 0.15) is 12.3 Å². The largest absolute Gasteiger partial charge is 0.455 e. The fourth-order valence-electron chi connectivity index (χ4n) is 2.72. The Morgan fingerprint density at radius 2 is 1.54 bits per heavy atom. The monoisotopic (exact) mass is 374 g/mol. The molecule has 0 fully saturated rings. The molecular formula is C23H22N2O3. The van der Waals surface area contributed by atoms with Crippen LogP contribution in [0.25, 0.3) is 0 Å². The molecule has 3 rings (SSSR count). The van der Waals surface area contributed by atoms with E-state index in [0.717, 1.165) is 5.56 Å². The number of anilines is 2. The lowest BCUT2D eigenvalue weighted by Gasteiger charge is -2.21. The minimum Gasteiger partial charge on any atom is -0.455 e. The molecule has 0 unspecified atom stereocenters. The topological polar surface area (TPSA) is 58.6 Å². The van der Waals surface area contributed by atoms with E-state index in [0.29, 0.717) is 22.9 Å². The second-order valence-corrected chi connectivity index (χ2v) is 6.40. The van der Waals surface area contributed by atoms with Crippen molar-refractivity contribution >= 4 is 23.2 Å². The standard InChI is InChI=1S/C23H22N2O3/c1-17-12-14-19(15-13-17)25(18(2)26)16-23(27)24-21-10-6-7-11-22(21)28-20-8-4-3-5-9-20/h3-15H,16H2,1-2H3,(H,24,27). The third-order valence-electron chi connectivity index (χ3n) is 4.16. The van der Waals surface area contributed by atoms with Gasteiger partial charge >= 0.3 is 0 Å². The van der Waals surface area contributed by atoms with Crippen molar-refractivity contribution in [1.29, 1.82) is 0 Å². The van der Waals surface area contributed by atoms with Crippen molar-refractivity contribution in [1.82, 2.24) is 0 Å². The molecule has 0 spiro atoms. The zero-order valence-corrected chi connectivity index (χ0v) is 15.9. The van der Waals surface area contributed by atoms with Crippen LogP contribution in [0, 0.1) is 6.92 Å². The van der Waals surface area contributed by atoms with Crippen LogP contribution < -0.4 is 15.0 Å². The van der Waals surface area contributed by atoms with Crippen molar-refractivity contribution < 1.29 is 14.3 Å². The molecule has 3 aromatic rings. The van der Waals surface area contributed by atoms with Gasteiger partial charge in [-0.15, -0.1) is 0 Å². The quantitative estimate of drug-likeness (QED) is 0.675. The number of aryl methyl sites for hydroxylation is 1. The molecule has 0 aliphatic heterocycles. The average molecular weight is 374 g/mol. The van der Waals surface area contributed by atoms with E-state index in [1.54, 1.807) is 12.1 Å². The molecule has 0 atom stereocenters. The van der Waals surface area contributed by atoms with Gasteiger partial charge in [-0.25, -0.2) is 0 Å². The van der Waals surface area contributed by atoms with Crippen LogP contribution in [0.1, 0.15) is 12.5 Å². The minimum atomic E-state index is -0.306. The molecule has 28 heavy (non-hydrogen) atoms. The van der Waals surface area contributed by atoms with Crippen molar-refractivity contribution in [2.45, 2.75) is 13.8 Å². The molecular weight excluding hydrogens is 352 g/mol. The predicted octanol–water partition coefficient (Wildman–Crippen LogP) is 4.78. The maximum atomic E-state index is 12.6. The lowest BCUT2D eigenvalue weighted by atomic mass is 10.2. The summed E-state index contributed by atoms with van der Waals surface area (Å²) in [5.41, 5.74) is 2.31. The molecule has 0 saturated heterocycles. The lowest BCUT2D eigenvalue weighted by molar-refractivity contribution is -0.120. The number of hydrogen-bond acceptors (Lipinski definition) is 3. The zero-order chi connectivity index (χ0) is 19.9. The van der Waals surface area contributed by atoms with Gasteiger partial charge in [0.25, 0.3) is 0 Å². The van der Waals surface area contributed by atoms with Crippen molar-refractivity contribution in [3.63, 3.8) is 0 Å². The smallest absolute Gasteiger partial charge is 0.244 e. The summed E-state index contributed by atoms with van der Waals surface area (Å²) in [5.74, 6) is 0.702. The van der Waals surface area contributed by atoms with Gasteiger partial charge in [-0.1, -0.05) is 48.0 Å². The first-order chi connectivity index (χ1) is 13.5. The Balaban J connectivity index is 1.73. The van der Waals surface area contributed by atoms with E-state index >= 15 is 0 Å². The molecule has 0 aliphatic carbocycles. The second-order valence-electron chi connectivity index (χ2n) is 6.40. The highest BCUT2D eigenvalue weighted by Gasteiger charge is 2.17. The van der Waals surface area contributed by atoms with Gasteiger partial charge in [0.05, 0.1) is 5.69 Å². The number of rotatable bonds is 6. The highest BCUT2D eigenvalue weighted by Crippen LogP contribution is 2.29. The molecule has 142 valence electrons. The molecule has 0 aromatic heterocycles. The van der Waals surface area contributed by atoms with Crippen LogP contribution in [0.3, 0.4) is 0 Å². The van der Waals surface area contributed by atoms with Crippen LogP contribution in [-0.4, -0.2) is 18.4 Å². The fraction of sp³-hybridized carbons (Fsp3) is 0.130. The Kier molecular flexibility index (Phi) is 6.07. The van der Waals surface area contributed by atoms with Gasteiger partial charge in [0.2, 0.25) is 11.8 Å². The normalized spacial score (nSPS) is 10.2. The van der Waals surface area contributed by atoms with E-state index in [4.69, 9.17) is 4.74 Å². The number of amides is 2. The third kappa shape index (κ3) is 4.98. The molecule has 0 radical (unpaired) electrons. The minimum absolute atomic E-state index is 0.0853. The molecule has 0 aliphatic rings. The summed E-state index contributed by atoms with van der Waals surface area (Å²) in [4.78, 5) is 26.1. The summed E-state index contributed by atoms with van der Waals surface area (Å²) in [7, 11) is 0. The van der Waals surface area contributed by atoms with Crippen LogP contribution in [-0.2, 0) is 9.59 Å². The summed E-state index contributed by atoms with van der Waals surface area (Å²) in [6.07, 6.45) is 0. The van der Waals surface area contributed by atoms with Gasteiger partial charge in [-0.2, -0.15) is 0 Å². The summed E-state index contributed by atoms with van der Waals surface area (Å²) < 4.78 is 5.87. The summed E-state index contributed by atoms with van der Waals surface area (Å²) >= 11 is 0. The van der Waals surface area contributed by atoms with Crippen molar-refractivity contribution in [2.75, 3.05) is 16.8 Å². The summed E-state index contributed by atoms with van der Waals surface area (Å²) in [6.45, 7) is 3.33. The molecule has 5 heteroatoms. The van der Waals surface area contributed by atoms with E-state index in [-0.39, 0.29) is 18.4 Å². The number of nitrogens with zero attached hydrogens (tertiary/aromatic N) is 1. The van der Waals surface area contributed by atoms with Gasteiger partial charge < -0.3 is 15.0 Å². The number of carbonyl (C=O) groups is 2. The molecule has 5 nitrogen and oxygen atoms in total. The Labute approximate surface area is 164 Å². The fourth-order valence-corrected chi connectivity index (χ4v) is 2.72. The Morgan fingerprint density at radius 3 is 2.21 bits per heavy atom. The van der Waals surface area contributed by atoms with E-state index in [9.17, 15) is 9.59 Å². The Hall–Kier alpha value is -3.60. The average Bonchev–Trinajstić information content (AvgIpc) is 2.69. The number of hydrogen-bond donors (Lipinski definition) is 1. The van der Waals surface area contributed by atoms with Gasteiger partial charge in [-0.05, 0) is 43.3 Å². The number of nitrogens with one attached hydrogen (secondary N) is 1. The first-order valence-corrected chi connectivity index (χ1v) is 8.99. The van der Waals surface area contributed by atoms with E-state index in [2.05, 4.69) is 5.32 Å². The maximum Gasteiger partial charge on any atom is 0.244 e. The van der Waals surface area contributed by atoms with Crippen LogP contribution in [0.4, 0.5) is 11.4 Å². The predicted molar refractivity (Wildman–Crippen MR) is 111 cm³/mol. The van der Waals surface area contributed by atoms with Gasteiger partial charge in [0, 0.05) is 12.6 Å². The van der Waals surface area contributed by atoms with Crippen LogP contribution in [0.5, 0.6) is 11.5 Å². The van der Waals surface area contributed by atoms with Crippen molar-refractivity contribution in [3.05, 3.63) is 84.4 Å². The van der Waals surface area contributed by atoms with Crippen LogP contribution >= 0.6 is 0 Å². The lowest BCUT2D eigenvalue weighted by Crippen LogP contribution is -2.36. The SMILES string of the molecule is CC(=O)N(CC(=O)Nc1ccccc1Oc1ccccc1)c1ccc(C)cc1. The van der Waals surface area contributed by atoms with Crippen molar-refractivity contribution in [3.8, 4) is 11.5 Å². The number of benzene rings is 3. The number of para-hydroxylation sites is 3. The molecule has 0 saturated carbocycles. The Bertz CT molecular complexity index is 953. The van der Waals surface area contributed by atoms with Gasteiger partial charge in [0.15, 0.2) is 5.75 Å². The van der Waals surface area contributed by atoms with Crippen LogP contribution in [0.15, 0.2) is 78.9 Å². The molecule has 1 N–H and O–H groups in total. The van der Waals surface area contributed by atoms with Crippen molar-refractivity contribution in [2.24, 2.45) is 0 Å². The van der Waals surface area contributed by atoms with Crippen LogP contribution in [0.2, 0.25) is 0 Å². The molecule has 0 bridgehead atoms. The number of ether oxygens (including phenoxy) is 1. The summed E-state index contributed by atoms with van der Waals surface area (Å²) in [6, 6.07) is 24.0. The zero-order valence-electron chi connectivity index (χ0n) is 15.9. The first-order valence-electron chi connectivity index (χ1n) is 8.99. The molecule has 0 heterocycles. The van der Waals surface area contributed by atoms with Gasteiger partial charge in [-0.3, -0.25) is 9.59 Å². The van der Waals surface area contributed by atoms with E-state index in [1.807, 2.05) is 73.7 Å². The molecule has 3 aromatic carbocycles. The highest BCUT2D eigenvalue weighted by molar-refractivity contribution is 6.02. The molecule has 2 amide bonds. The highest BCUT2D eigenvalue weighted by atomic mass is 16.5. The number of carbonyl (C=O) groups excluding carboxylic acids is 2. The maximum absolute atomic E-state index is 12.6. The van der Waals surface area contributed by atoms with E-state index < -0.39 is 0 Å². The summed E-state index contributed by atoms with van der Waals surface area (Å²) in [5, 5.41) is 2.84. The Morgan fingerprint density at radius 1 is 0.893 bits per heavy atom.